The van der Waals surface area contributed by atoms with Gasteiger partial charge in [-0.3, -0.25) is 4.98 Å². The topological polar surface area (TPSA) is 79.7 Å². The number of carboxylic acid groups (broad SMARTS) is 1. The highest BCUT2D eigenvalue weighted by Crippen LogP contribution is 2.12. The summed E-state index contributed by atoms with van der Waals surface area (Å²) in [6.07, 6.45) is 2.96. The largest absolute Gasteiger partial charge is 0.508 e. The Morgan fingerprint density at radius 2 is 1.80 bits per heavy atom. The first-order chi connectivity index (χ1) is 9.63. The first-order valence-electron chi connectivity index (χ1n) is 6.02. The number of pyridine rings is 1. The van der Waals surface area contributed by atoms with E-state index in [1.807, 2.05) is 18.2 Å². The minimum atomic E-state index is -0.986. The van der Waals surface area contributed by atoms with E-state index in [1.165, 1.54) is 19.2 Å². The van der Waals surface area contributed by atoms with Crippen LogP contribution in [0.2, 0.25) is 0 Å². The number of hydrogen-bond acceptors (Lipinski definition) is 4. The van der Waals surface area contributed by atoms with E-state index in [4.69, 9.17) is 14.9 Å². The Kier molecular flexibility index (Phi) is 6.78. The van der Waals surface area contributed by atoms with Gasteiger partial charge in [-0.15, -0.1) is 0 Å². The number of ether oxygens (including phenoxy) is 1. The Labute approximate surface area is 117 Å². The molecule has 0 saturated heterocycles. The van der Waals surface area contributed by atoms with Crippen LogP contribution in [-0.4, -0.2) is 34.4 Å². The molecule has 0 bridgehead atoms. The van der Waals surface area contributed by atoms with Gasteiger partial charge in [0.2, 0.25) is 0 Å². The number of hydrogen-bond donors (Lipinski definition) is 2. The smallest absolute Gasteiger partial charge is 0.333 e. The zero-order valence-electron chi connectivity index (χ0n) is 11.1. The van der Waals surface area contributed by atoms with Crippen molar-refractivity contribution in [2.75, 3.05) is 7.11 Å². The summed E-state index contributed by atoms with van der Waals surface area (Å²) >= 11 is 0. The van der Waals surface area contributed by atoms with Crippen molar-refractivity contribution in [3.63, 3.8) is 0 Å². The van der Waals surface area contributed by atoms with Crippen LogP contribution in [-0.2, 0) is 16.0 Å². The molecule has 2 rings (SSSR count). The number of aromatic nitrogens is 1. The maximum Gasteiger partial charge on any atom is 0.333 e. The number of nitrogens with zero attached hydrogens (tertiary/aromatic N) is 1. The third-order valence-electron chi connectivity index (χ3n) is 2.48. The maximum absolute atomic E-state index is 10.6. The molecule has 0 aliphatic rings. The lowest BCUT2D eigenvalue weighted by molar-refractivity contribution is -0.148. The van der Waals surface area contributed by atoms with E-state index < -0.39 is 12.1 Å². The van der Waals surface area contributed by atoms with Crippen LogP contribution in [0, 0.1) is 0 Å². The standard InChI is InChI=1S/C10H12O4.C5H5N/c1-14-9(10(12)13)6-7-2-4-8(11)5-3-7;1-2-4-6-5-3-1/h2-5,9,11H,6H2,1H3,(H,12,13);1-5H. The summed E-state index contributed by atoms with van der Waals surface area (Å²) in [5, 5.41) is 17.7. The summed E-state index contributed by atoms with van der Waals surface area (Å²) in [4.78, 5) is 14.4. The Bertz CT molecular complexity index is 472. The van der Waals surface area contributed by atoms with Gasteiger partial charge in [0.1, 0.15) is 5.75 Å². The molecule has 0 aliphatic carbocycles. The van der Waals surface area contributed by atoms with Crippen LogP contribution in [0.15, 0.2) is 54.9 Å². The van der Waals surface area contributed by atoms with E-state index in [2.05, 4.69) is 4.98 Å². The second-order valence-corrected chi connectivity index (χ2v) is 3.96. The zero-order chi connectivity index (χ0) is 14.8. The number of methoxy groups -OCH3 is 1. The SMILES string of the molecule is COC(Cc1ccc(O)cc1)C(=O)O.c1ccncc1. The minimum Gasteiger partial charge on any atom is -0.508 e. The number of aromatic hydroxyl groups is 1. The summed E-state index contributed by atoms with van der Waals surface area (Å²) in [6.45, 7) is 0. The summed E-state index contributed by atoms with van der Waals surface area (Å²) in [6, 6.07) is 12.1. The molecule has 0 radical (unpaired) electrons. The average molecular weight is 275 g/mol. The van der Waals surface area contributed by atoms with Gasteiger partial charge in [-0.2, -0.15) is 0 Å². The number of aliphatic carboxylic acids is 1. The molecule has 20 heavy (non-hydrogen) atoms. The molecule has 0 amide bonds. The Balaban J connectivity index is 0.000000276. The normalized spacial score (nSPS) is 11.1. The molecule has 5 nitrogen and oxygen atoms in total. The Morgan fingerprint density at radius 3 is 2.15 bits per heavy atom. The van der Waals surface area contributed by atoms with Gasteiger partial charge in [0, 0.05) is 25.9 Å². The summed E-state index contributed by atoms with van der Waals surface area (Å²) in [7, 11) is 1.36. The highest BCUT2D eigenvalue weighted by Gasteiger charge is 2.16. The van der Waals surface area contributed by atoms with Crippen molar-refractivity contribution in [2.24, 2.45) is 0 Å². The Morgan fingerprint density at radius 1 is 1.20 bits per heavy atom. The average Bonchev–Trinajstić information content (AvgIpc) is 2.49. The van der Waals surface area contributed by atoms with Crippen molar-refractivity contribution in [3.8, 4) is 5.75 Å². The molecular formula is C15H17NO4. The molecule has 2 N–H and O–H groups in total. The van der Waals surface area contributed by atoms with Crippen LogP contribution in [0.25, 0.3) is 0 Å². The van der Waals surface area contributed by atoms with E-state index in [0.29, 0.717) is 6.42 Å². The quantitative estimate of drug-likeness (QED) is 0.893. The first kappa shape index (κ1) is 15.7. The molecule has 1 aromatic carbocycles. The third-order valence-corrected chi connectivity index (χ3v) is 2.48. The molecule has 1 heterocycles. The van der Waals surface area contributed by atoms with Crippen LogP contribution in [0.3, 0.4) is 0 Å². The third kappa shape index (κ3) is 5.97. The molecule has 1 aromatic heterocycles. The van der Waals surface area contributed by atoms with E-state index in [-0.39, 0.29) is 5.75 Å². The second kappa shape index (κ2) is 8.66. The van der Waals surface area contributed by atoms with E-state index in [1.54, 1.807) is 24.5 Å². The summed E-state index contributed by atoms with van der Waals surface area (Å²) in [5.74, 6) is -0.821. The number of benzene rings is 1. The molecule has 1 atom stereocenters. The lowest BCUT2D eigenvalue weighted by Gasteiger charge is -2.09. The van der Waals surface area contributed by atoms with Crippen LogP contribution in [0.1, 0.15) is 5.56 Å². The predicted octanol–water partition coefficient (Wildman–Crippen LogP) is 2.12. The molecule has 0 saturated carbocycles. The fourth-order valence-corrected chi connectivity index (χ4v) is 1.43. The number of phenols is 1. The van der Waals surface area contributed by atoms with Gasteiger partial charge in [0.15, 0.2) is 6.10 Å². The lowest BCUT2D eigenvalue weighted by atomic mass is 10.1. The molecule has 0 aliphatic heterocycles. The molecule has 0 fully saturated rings. The lowest BCUT2D eigenvalue weighted by Crippen LogP contribution is -2.24. The van der Waals surface area contributed by atoms with E-state index in [9.17, 15) is 4.79 Å². The van der Waals surface area contributed by atoms with Crippen LogP contribution >= 0.6 is 0 Å². The molecule has 5 heteroatoms. The maximum atomic E-state index is 10.6. The van der Waals surface area contributed by atoms with Crippen LogP contribution in [0.5, 0.6) is 5.75 Å². The van der Waals surface area contributed by atoms with Gasteiger partial charge < -0.3 is 14.9 Å². The van der Waals surface area contributed by atoms with Crippen molar-refractivity contribution in [2.45, 2.75) is 12.5 Å². The second-order valence-electron chi connectivity index (χ2n) is 3.96. The monoisotopic (exact) mass is 275 g/mol. The highest BCUT2D eigenvalue weighted by molar-refractivity contribution is 5.72. The van der Waals surface area contributed by atoms with Gasteiger partial charge in [-0.1, -0.05) is 18.2 Å². The minimum absolute atomic E-state index is 0.165. The van der Waals surface area contributed by atoms with Crippen molar-refractivity contribution in [3.05, 3.63) is 60.4 Å². The Hall–Kier alpha value is -2.40. The van der Waals surface area contributed by atoms with Crippen molar-refractivity contribution >= 4 is 5.97 Å². The predicted molar refractivity (Wildman–Crippen MR) is 74.5 cm³/mol. The van der Waals surface area contributed by atoms with Crippen LogP contribution in [0.4, 0.5) is 0 Å². The van der Waals surface area contributed by atoms with E-state index in [0.717, 1.165) is 5.56 Å². The van der Waals surface area contributed by atoms with Gasteiger partial charge >= 0.3 is 5.97 Å². The first-order valence-corrected chi connectivity index (χ1v) is 6.02. The molecular weight excluding hydrogens is 258 g/mol. The number of phenolic OH excluding ortho intramolecular Hbond substituents is 1. The molecule has 2 aromatic rings. The fourth-order valence-electron chi connectivity index (χ4n) is 1.43. The van der Waals surface area contributed by atoms with Gasteiger partial charge in [-0.05, 0) is 29.8 Å². The molecule has 1 unspecified atom stereocenters. The fraction of sp³-hybridized carbons (Fsp3) is 0.200. The van der Waals surface area contributed by atoms with Crippen LogP contribution < -0.4 is 0 Å². The van der Waals surface area contributed by atoms with Gasteiger partial charge in [0.25, 0.3) is 0 Å². The van der Waals surface area contributed by atoms with Crippen molar-refractivity contribution in [1.29, 1.82) is 0 Å². The number of carbonyl (C=O) groups is 1. The number of carboxylic acids is 1. The van der Waals surface area contributed by atoms with Crippen molar-refractivity contribution < 1.29 is 19.7 Å². The van der Waals surface area contributed by atoms with Gasteiger partial charge in [-0.25, -0.2) is 4.79 Å². The highest BCUT2D eigenvalue weighted by atomic mass is 16.5. The number of rotatable bonds is 4. The van der Waals surface area contributed by atoms with Crippen molar-refractivity contribution in [1.82, 2.24) is 4.98 Å². The zero-order valence-corrected chi connectivity index (χ0v) is 11.1. The van der Waals surface area contributed by atoms with Gasteiger partial charge in [0.05, 0.1) is 0 Å². The summed E-state index contributed by atoms with van der Waals surface area (Å²) in [5.41, 5.74) is 0.817. The molecule has 0 spiro atoms. The summed E-state index contributed by atoms with van der Waals surface area (Å²) < 4.78 is 4.78. The molecule has 106 valence electrons. The van der Waals surface area contributed by atoms with E-state index >= 15 is 0 Å².